The molecule has 0 aliphatic carbocycles. The summed E-state index contributed by atoms with van der Waals surface area (Å²) in [5, 5.41) is 0. The van der Waals surface area contributed by atoms with Crippen molar-refractivity contribution in [3.8, 4) is 0 Å². The summed E-state index contributed by atoms with van der Waals surface area (Å²) >= 11 is 5.77. The summed E-state index contributed by atoms with van der Waals surface area (Å²) in [5.74, 6) is 0. The van der Waals surface area contributed by atoms with Gasteiger partial charge in [-0.1, -0.05) is 66.8 Å². The van der Waals surface area contributed by atoms with Gasteiger partial charge in [0.1, 0.15) is 0 Å². The van der Waals surface area contributed by atoms with E-state index in [4.69, 9.17) is 12.2 Å². The zero-order valence-electron chi connectivity index (χ0n) is 12.6. The lowest BCUT2D eigenvalue weighted by molar-refractivity contribution is 0.268. The molecule has 0 aromatic heterocycles. The van der Waals surface area contributed by atoms with Crippen LogP contribution in [0.3, 0.4) is 0 Å². The van der Waals surface area contributed by atoms with Crippen LogP contribution >= 0.6 is 12.2 Å². The van der Waals surface area contributed by atoms with Gasteiger partial charge >= 0.3 is 0 Å². The molecule has 3 rings (SSSR count). The van der Waals surface area contributed by atoms with E-state index in [2.05, 4.69) is 73.3 Å². The summed E-state index contributed by atoms with van der Waals surface area (Å²) in [7, 11) is 0. The molecule has 0 bridgehead atoms. The Labute approximate surface area is 132 Å². The summed E-state index contributed by atoms with van der Waals surface area (Å²) in [6.07, 6.45) is 1.94. The highest BCUT2D eigenvalue weighted by atomic mass is 32.1. The third kappa shape index (κ3) is 2.86. The second kappa shape index (κ2) is 5.98. The zero-order valence-corrected chi connectivity index (χ0v) is 13.4. The van der Waals surface area contributed by atoms with Crippen LogP contribution in [0.1, 0.15) is 36.6 Å². The predicted octanol–water partition coefficient (Wildman–Crippen LogP) is 4.56. The molecule has 1 nitrogen and oxygen atoms in total. The van der Waals surface area contributed by atoms with Crippen LogP contribution < -0.4 is 0 Å². The number of benzene rings is 2. The fraction of sp³-hybridized carbons (Fsp3) is 0.316. The molecule has 2 aromatic rings. The van der Waals surface area contributed by atoms with Crippen LogP contribution in [-0.4, -0.2) is 15.9 Å². The van der Waals surface area contributed by atoms with Crippen LogP contribution in [0.5, 0.6) is 0 Å². The van der Waals surface area contributed by atoms with Crippen LogP contribution in [0.2, 0.25) is 0 Å². The summed E-state index contributed by atoms with van der Waals surface area (Å²) in [6, 6.07) is 20.1. The Morgan fingerprint density at radius 1 is 1.00 bits per heavy atom. The van der Waals surface area contributed by atoms with Gasteiger partial charge in [0.15, 0.2) is 0 Å². The van der Waals surface area contributed by atoms with Crippen LogP contribution in [-0.2, 0) is 12.8 Å². The monoisotopic (exact) mass is 295 g/mol. The summed E-state index contributed by atoms with van der Waals surface area (Å²) in [5.41, 5.74) is 4.16. The summed E-state index contributed by atoms with van der Waals surface area (Å²) in [4.78, 5) is 3.48. The van der Waals surface area contributed by atoms with E-state index in [1.165, 1.54) is 16.7 Å². The second-order valence-corrected chi connectivity index (χ2v) is 6.36. The number of hydrogen-bond donors (Lipinski definition) is 0. The standard InChI is InChI=1S/C19H21NS/c1-14-12-17-10-6-7-11-18(17)13-19(21)20(14)15(2)16-8-4-3-5-9-16/h3-11,14-15H,12-13H2,1-2H3/t14-,15-/m1/s1. The molecule has 108 valence electrons. The Balaban J connectivity index is 1.92. The molecule has 2 aromatic carbocycles. The molecule has 0 unspecified atom stereocenters. The third-order valence-electron chi connectivity index (χ3n) is 4.44. The van der Waals surface area contributed by atoms with E-state index in [1.54, 1.807) is 0 Å². The normalized spacial score (nSPS) is 19.8. The van der Waals surface area contributed by atoms with E-state index < -0.39 is 0 Å². The van der Waals surface area contributed by atoms with Crippen molar-refractivity contribution in [2.45, 2.75) is 38.8 Å². The van der Waals surface area contributed by atoms with Crippen molar-refractivity contribution >= 4 is 17.2 Å². The lowest BCUT2D eigenvalue weighted by atomic mass is 10.0. The Hall–Kier alpha value is -1.67. The molecule has 1 heterocycles. The quantitative estimate of drug-likeness (QED) is 0.747. The molecule has 1 aliphatic heterocycles. The Morgan fingerprint density at radius 2 is 1.62 bits per heavy atom. The van der Waals surface area contributed by atoms with Crippen molar-refractivity contribution in [3.05, 3.63) is 71.3 Å². The molecule has 2 heteroatoms. The highest BCUT2D eigenvalue weighted by molar-refractivity contribution is 7.80. The van der Waals surface area contributed by atoms with Gasteiger partial charge in [0.05, 0.1) is 11.0 Å². The smallest absolute Gasteiger partial charge is 0.0831 e. The summed E-state index contributed by atoms with van der Waals surface area (Å²) < 4.78 is 0. The number of nitrogens with zero attached hydrogens (tertiary/aromatic N) is 1. The molecule has 0 saturated carbocycles. The van der Waals surface area contributed by atoms with Crippen LogP contribution in [0.15, 0.2) is 54.6 Å². The molecule has 0 spiro atoms. The first-order valence-electron chi connectivity index (χ1n) is 7.59. The molecule has 1 aliphatic rings. The first-order valence-corrected chi connectivity index (χ1v) is 8.00. The van der Waals surface area contributed by atoms with E-state index in [0.717, 1.165) is 17.8 Å². The van der Waals surface area contributed by atoms with E-state index >= 15 is 0 Å². The van der Waals surface area contributed by atoms with Crippen molar-refractivity contribution in [3.63, 3.8) is 0 Å². The lowest BCUT2D eigenvalue weighted by Gasteiger charge is -2.36. The third-order valence-corrected chi connectivity index (χ3v) is 4.79. The molecule has 0 fully saturated rings. The van der Waals surface area contributed by atoms with Gasteiger partial charge in [-0.25, -0.2) is 0 Å². The average Bonchev–Trinajstić information content (AvgIpc) is 2.62. The first-order chi connectivity index (χ1) is 10.2. The Morgan fingerprint density at radius 3 is 2.33 bits per heavy atom. The molecule has 21 heavy (non-hydrogen) atoms. The maximum absolute atomic E-state index is 5.77. The predicted molar refractivity (Wildman–Crippen MR) is 92.6 cm³/mol. The van der Waals surface area contributed by atoms with Gasteiger partial charge in [-0.3, -0.25) is 0 Å². The lowest BCUT2D eigenvalue weighted by Crippen LogP contribution is -2.39. The largest absolute Gasteiger partial charge is 0.356 e. The topological polar surface area (TPSA) is 3.24 Å². The van der Waals surface area contributed by atoms with Gasteiger partial charge in [0.25, 0.3) is 0 Å². The Kier molecular flexibility index (Phi) is 4.07. The molecular weight excluding hydrogens is 274 g/mol. The second-order valence-electron chi connectivity index (χ2n) is 5.89. The minimum Gasteiger partial charge on any atom is -0.356 e. The number of thiocarbonyl (C=S) groups is 1. The van der Waals surface area contributed by atoms with Gasteiger partial charge in [0, 0.05) is 12.5 Å². The maximum Gasteiger partial charge on any atom is 0.0831 e. The molecule has 2 atom stereocenters. The zero-order chi connectivity index (χ0) is 14.8. The fourth-order valence-electron chi connectivity index (χ4n) is 3.34. The van der Waals surface area contributed by atoms with Crippen molar-refractivity contribution in [1.29, 1.82) is 0 Å². The Bertz CT molecular complexity index is 635. The van der Waals surface area contributed by atoms with Gasteiger partial charge in [-0.15, -0.1) is 0 Å². The van der Waals surface area contributed by atoms with E-state index in [0.29, 0.717) is 12.1 Å². The van der Waals surface area contributed by atoms with Gasteiger partial charge in [0.2, 0.25) is 0 Å². The van der Waals surface area contributed by atoms with Crippen molar-refractivity contribution < 1.29 is 0 Å². The van der Waals surface area contributed by atoms with Gasteiger partial charge in [-0.2, -0.15) is 0 Å². The van der Waals surface area contributed by atoms with E-state index in [-0.39, 0.29) is 0 Å². The van der Waals surface area contributed by atoms with E-state index in [1.807, 2.05) is 0 Å². The fourth-order valence-corrected chi connectivity index (χ4v) is 3.83. The number of hydrogen-bond acceptors (Lipinski definition) is 1. The van der Waals surface area contributed by atoms with Crippen molar-refractivity contribution in [1.82, 2.24) is 4.90 Å². The molecule has 0 saturated heterocycles. The number of fused-ring (bicyclic) bond motifs is 1. The van der Waals surface area contributed by atoms with Gasteiger partial charge < -0.3 is 4.90 Å². The van der Waals surface area contributed by atoms with Crippen molar-refractivity contribution in [2.75, 3.05) is 0 Å². The van der Waals surface area contributed by atoms with Crippen molar-refractivity contribution in [2.24, 2.45) is 0 Å². The SMILES string of the molecule is C[C@@H]1Cc2ccccc2CC(=S)N1[C@H](C)c1ccccc1. The van der Waals surface area contributed by atoms with Gasteiger partial charge in [-0.05, 0) is 37.0 Å². The number of rotatable bonds is 2. The average molecular weight is 295 g/mol. The maximum atomic E-state index is 5.77. The van der Waals surface area contributed by atoms with Crippen LogP contribution in [0.25, 0.3) is 0 Å². The minimum atomic E-state index is 0.322. The molecule has 0 amide bonds. The summed E-state index contributed by atoms with van der Waals surface area (Å²) in [6.45, 7) is 4.54. The first kappa shape index (κ1) is 14.3. The highest BCUT2D eigenvalue weighted by Gasteiger charge is 2.27. The van der Waals surface area contributed by atoms with Crippen LogP contribution in [0.4, 0.5) is 0 Å². The molecular formula is C19H21NS. The molecule has 0 N–H and O–H groups in total. The van der Waals surface area contributed by atoms with E-state index in [9.17, 15) is 0 Å². The van der Waals surface area contributed by atoms with Crippen LogP contribution in [0, 0.1) is 0 Å². The highest BCUT2D eigenvalue weighted by Crippen LogP contribution is 2.29. The minimum absolute atomic E-state index is 0.322. The molecule has 0 radical (unpaired) electrons.